The van der Waals surface area contributed by atoms with Crippen molar-refractivity contribution in [1.29, 1.82) is 0 Å². The van der Waals surface area contributed by atoms with Crippen molar-refractivity contribution >= 4 is 95.6 Å². The molecule has 0 aliphatic rings. The van der Waals surface area contributed by atoms with Crippen LogP contribution in [0.4, 0.5) is 0 Å². The van der Waals surface area contributed by atoms with Crippen molar-refractivity contribution in [2.45, 2.75) is 38.5 Å². The molecule has 0 N–H and O–H groups in total. The van der Waals surface area contributed by atoms with E-state index in [0.717, 1.165) is 70.5 Å². The van der Waals surface area contributed by atoms with Gasteiger partial charge in [-0.15, -0.1) is 0 Å². The van der Waals surface area contributed by atoms with Gasteiger partial charge in [0.2, 0.25) is 0 Å². The van der Waals surface area contributed by atoms with Crippen molar-refractivity contribution in [2.24, 2.45) is 0 Å². The number of hydrogen-bond donors (Lipinski definition) is 0. The van der Waals surface area contributed by atoms with E-state index >= 15 is 0 Å². The molecule has 0 unspecified atom stereocenters. The van der Waals surface area contributed by atoms with E-state index in [0.29, 0.717) is 0 Å². The van der Waals surface area contributed by atoms with E-state index in [1.165, 1.54) is 0 Å². The average Bonchev–Trinajstić information content (AvgIpc) is 2.57. The summed E-state index contributed by atoms with van der Waals surface area (Å²) >= 11 is 22.1. The molecule has 0 aliphatic carbocycles. The second-order valence-electron chi connectivity index (χ2n) is 5.51. The third-order valence-corrected chi connectivity index (χ3v) is 6.63. The second-order valence-corrected chi connectivity index (χ2v) is 10.3. The first-order valence-corrected chi connectivity index (χ1v) is 15.0. The van der Waals surface area contributed by atoms with Crippen LogP contribution >= 0.6 is 95.6 Å². The molecule has 0 amide bonds. The Morgan fingerprint density at radius 3 is 0.500 bits per heavy atom. The molecule has 0 saturated carbocycles. The van der Waals surface area contributed by atoms with Crippen molar-refractivity contribution in [2.75, 3.05) is 32.0 Å². The maximum atomic E-state index is 3.68. The van der Waals surface area contributed by atoms with Gasteiger partial charge in [0.05, 0.1) is 0 Å². The predicted molar refractivity (Wildman–Crippen MR) is 131 cm³/mol. The van der Waals surface area contributed by atoms with Gasteiger partial charge in [0, 0.05) is 32.0 Å². The van der Waals surface area contributed by atoms with Crippen LogP contribution in [-0.2, 0) is 38.5 Å². The maximum Gasteiger partial charge on any atom is 0.00720 e. The maximum absolute atomic E-state index is 3.68. The van der Waals surface area contributed by atoms with E-state index in [1.54, 1.807) is 33.4 Å². The summed E-state index contributed by atoms with van der Waals surface area (Å²) in [4.78, 5) is 0. The summed E-state index contributed by atoms with van der Waals surface area (Å²) in [5.74, 6) is 0. The van der Waals surface area contributed by atoms with E-state index < -0.39 is 0 Å². The summed E-state index contributed by atoms with van der Waals surface area (Å²) in [7, 11) is 0. The van der Waals surface area contributed by atoms with Crippen molar-refractivity contribution in [3.8, 4) is 0 Å². The first-order valence-electron chi connectivity index (χ1n) is 8.22. The van der Waals surface area contributed by atoms with E-state index in [-0.39, 0.29) is 0 Å². The largest absolute Gasteiger partial charge is 0.0924 e. The molecule has 0 saturated heterocycles. The Hall–Kier alpha value is 2.10. The fraction of sp³-hybridized carbons (Fsp3) is 0.667. The Morgan fingerprint density at radius 1 is 0.292 bits per heavy atom. The summed E-state index contributed by atoms with van der Waals surface area (Å²) in [6, 6.07) is 0. The molecular formula is C18H24Br6. The first-order chi connectivity index (χ1) is 11.7. The molecule has 1 rings (SSSR count). The Balaban J connectivity index is 3.74. The van der Waals surface area contributed by atoms with Crippen LogP contribution < -0.4 is 0 Å². The molecule has 1 aromatic rings. The molecule has 0 spiro atoms. The highest BCUT2D eigenvalue weighted by Crippen LogP contribution is 2.33. The van der Waals surface area contributed by atoms with Gasteiger partial charge in [0.15, 0.2) is 0 Å². The van der Waals surface area contributed by atoms with Crippen molar-refractivity contribution in [3.05, 3.63) is 33.4 Å². The summed E-state index contributed by atoms with van der Waals surface area (Å²) < 4.78 is 0. The van der Waals surface area contributed by atoms with Gasteiger partial charge in [-0.25, -0.2) is 0 Å². The van der Waals surface area contributed by atoms with Gasteiger partial charge in [-0.2, -0.15) is 0 Å². The minimum atomic E-state index is 1.02. The molecule has 0 atom stereocenters. The molecule has 0 radical (unpaired) electrons. The van der Waals surface area contributed by atoms with Gasteiger partial charge < -0.3 is 0 Å². The molecule has 1 aromatic carbocycles. The normalized spacial score (nSPS) is 11.2. The van der Waals surface area contributed by atoms with Crippen LogP contribution in [0.2, 0.25) is 0 Å². The lowest BCUT2D eigenvalue weighted by Gasteiger charge is -2.26. The molecule has 24 heavy (non-hydrogen) atoms. The highest BCUT2D eigenvalue weighted by molar-refractivity contribution is 9.10. The smallest absolute Gasteiger partial charge is 0.00720 e. The second kappa shape index (κ2) is 14.1. The number of hydrogen-bond acceptors (Lipinski definition) is 0. The molecule has 0 bridgehead atoms. The molecule has 0 heterocycles. The minimum Gasteiger partial charge on any atom is -0.0924 e. The van der Waals surface area contributed by atoms with Gasteiger partial charge in [0.1, 0.15) is 0 Å². The van der Waals surface area contributed by atoms with Crippen LogP contribution in [0.25, 0.3) is 0 Å². The third kappa shape index (κ3) is 6.61. The standard InChI is InChI=1S/C18H24Br6/c19-7-1-13-14(2-8-20)16(4-10-22)18(6-12-24)17(5-11-23)15(13)3-9-21/h1-12H2. The lowest BCUT2D eigenvalue weighted by Crippen LogP contribution is -2.16. The Morgan fingerprint density at radius 2 is 0.417 bits per heavy atom. The van der Waals surface area contributed by atoms with Crippen molar-refractivity contribution in [3.63, 3.8) is 0 Å². The van der Waals surface area contributed by atoms with E-state index in [1.807, 2.05) is 0 Å². The van der Waals surface area contributed by atoms with Crippen LogP contribution in [0, 0.1) is 0 Å². The highest BCUT2D eigenvalue weighted by Gasteiger charge is 2.21. The van der Waals surface area contributed by atoms with Gasteiger partial charge in [0.25, 0.3) is 0 Å². The molecule has 0 fully saturated rings. The molecule has 6 heteroatoms. The summed E-state index contributed by atoms with van der Waals surface area (Å²) in [6.45, 7) is 0. The van der Waals surface area contributed by atoms with Crippen molar-refractivity contribution in [1.82, 2.24) is 0 Å². The number of alkyl halides is 6. The fourth-order valence-electron chi connectivity index (χ4n) is 3.47. The highest BCUT2D eigenvalue weighted by atomic mass is 79.9. The van der Waals surface area contributed by atoms with Crippen LogP contribution in [0.5, 0.6) is 0 Å². The Labute approximate surface area is 197 Å². The zero-order chi connectivity index (χ0) is 17.9. The van der Waals surface area contributed by atoms with Crippen LogP contribution in [0.15, 0.2) is 0 Å². The molecule has 0 aliphatic heterocycles. The molecular weight excluding hydrogens is 696 g/mol. The predicted octanol–water partition coefficient (Wildman–Crippen LogP) is 7.31. The quantitative estimate of drug-likeness (QED) is 0.199. The van der Waals surface area contributed by atoms with Gasteiger partial charge in [-0.3, -0.25) is 0 Å². The van der Waals surface area contributed by atoms with E-state index in [4.69, 9.17) is 0 Å². The minimum absolute atomic E-state index is 1.02. The topological polar surface area (TPSA) is 0 Å². The number of benzene rings is 1. The van der Waals surface area contributed by atoms with Gasteiger partial charge in [-0.05, 0) is 71.9 Å². The fourth-order valence-corrected chi connectivity index (χ4v) is 5.85. The molecule has 0 nitrogen and oxygen atoms in total. The molecule has 0 aromatic heterocycles. The first kappa shape index (κ1) is 24.1. The number of rotatable bonds is 12. The van der Waals surface area contributed by atoms with E-state index in [2.05, 4.69) is 95.6 Å². The zero-order valence-corrected chi connectivity index (χ0v) is 23.3. The number of halogens is 6. The monoisotopic (exact) mass is 714 g/mol. The van der Waals surface area contributed by atoms with Crippen LogP contribution in [0.1, 0.15) is 33.4 Å². The zero-order valence-electron chi connectivity index (χ0n) is 13.8. The van der Waals surface area contributed by atoms with Gasteiger partial charge >= 0.3 is 0 Å². The molecule has 138 valence electrons. The average molecular weight is 720 g/mol. The SMILES string of the molecule is BrCCc1c(CCBr)c(CCBr)c(CCBr)c(CCBr)c1CCBr. The third-order valence-electron chi connectivity index (χ3n) is 4.25. The lowest BCUT2D eigenvalue weighted by atomic mass is 9.81. The van der Waals surface area contributed by atoms with Crippen molar-refractivity contribution < 1.29 is 0 Å². The summed E-state index contributed by atoms with van der Waals surface area (Å²) in [5, 5.41) is 6.15. The Bertz CT molecular complexity index is 365. The van der Waals surface area contributed by atoms with Crippen LogP contribution in [0.3, 0.4) is 0 Å². The summed E-state index contributed by atoms with van der Waals surface area (Å²) in [5.41, 5.74) is 9.56. The summed E-state index contributed by atoms with van der Waals surface area (Å²) in [6.07, 6.45) is 6.69. The Kier molecular flexibility index (Phi) is 14.2. The van der Waals surface area contributed by atoms with Gasteiger partial charge in [-0.1, -0.05) is 95.6 Å². The van der Waals surface area contributed by atoms with Crippen LogP contribution in [-0.4, -0.2) is 32.0 Å². The van der Waals surface area contributed by atoms with E-state index in [9.17, 15) is 0 Å². The lowest BCUT2D eigenvalue weighted by molar-refractivity contribution is 0.895.